The lowest BCUT2D eigenvalue weighted by Gasteiger charge is -2.08. The minimum atomic E-state index is -0.736. The molecule has 0 aliphatic rings. The first kappa shape index (κ1) is 13.9. The molecule has 0 saturated carbocycles. The molecule has 0 radical (unpaired) electrons. The lowest BCUT2D eigenvalue weighted by Crippen LogP contribution is -2.08. The average molecular weight is 300 g/mol. The van der Waals surface area contributed by atoms with Gasteiger partial charge >= 0.3 is 5.97 Å². The van der Waals surface area contributed by atoms with E-state index in [1.165, 1.54) is 25.3 Å². The first-order valence-electron chi connectivity index (χ1n) is 6.44. The van der Waals surface area contributed by atoms with E-state index in [9.17, 15) is 19.8 Å². The summed E-state index contributed by atoms with van der Waals surface area (Å²) in [6, 6.07) is 5.38. The predicted octanol–water partition coefficient (Wildman–Crippen LogP) is 2.45. The smallest absolute Gasteiger partial charge is 0.341 e. The maximum absolute atomic E-state index is 12.6. The second kappa shape index (κ2) is 4.77. The molecule has 6 nitrogen and oxygen atoms in total. The first-order chi connectivity index (χ1) is 10.4. The second-order valence-electron chi connectivity index (χ2n) is 4.95. The van der Waals surface area contributed by atoms with Crippen LogP contribution in [-0.2, 0) is 4.74 Å². The summed E-state index contributed by atoms with van der Waals surface area (Å²) in [6.45, 7) is 1.74. The van der Waals surface area contributed by atoms with Gasteiger partial charge in [-0.1, -0.05) is 0 Å². The van der Waals surface area contributed by atoms with E-state index in [-0.39, 0.29) is 39.0 Å². The van der Waals surface area contributed by atoms with E-state index in [1.54, 1.807) is 13.0 Å². The van der Waals surface area contributed by atoms with E-state index in [2.05, 4.69) is 4.74 Å². The summed E-state index contributed by atoms with van der Waals surface area (Å²) in [5, 5.41) is 19.7. The fourth-order valence-corrected chi connectivity index (χ4v) is 2.44. The van der Waals surface area contributed by atoms with Crippen LogP contribution in [0.1, 0.15) is 15.9 Å². The number of carbonyl (C=O) groups is 1. The van der Waals surface area contributed by atoms with Crippen molar-refractivity contribution in [2.45, 2.75) is 6.92 Å². The Labute approximate surface area is 124 Å². The third-order valence-electron chi connectivity index (χ3n) is 3.39. The van der Waals surface area contributed by atoms with Crippen LogP contribution in [0, 0.1) is 6.92 Å². The van der Waals surface area contributed by atoms with Gasteiger partial charge < -0.3 is 19.4 Å². The van der Waals surface area contributed by atoms with Crippen molar-refractivity contribution in [3.8, 4) is 11.5 Å². The molecule has 0 saturated heterocycles. The molecule has 3 aromatic rings. The molecule has 0 aliphatic heterocycles. The number of hydrogen-bond donors (Lipinski definition) is 2. The molecule has 2 aromatic carbocycles. The van der Waals surface area contributed by atoms with Gasteiger partial charge in [0.2, 0.25) is 5.43 Å². The van der Waals surface area contributed by atoms with Crippen molar-refractivity contribution in [1.82, 2.24) is 0 Å². The summed E-state index contributed by atoms with van der Waals surface area (Å²) < 4.78 is 10.3. The highest BCUT2D eigenvalue weighted by molar-refractivity contribution is 6.05. The highest BCUT2D eigenvalue weighted by atomic mass is 16.5. The van der Waals surface area contributed by atoms with Gasteiger partial charge in [-0.15, -0.1) is 0 Å². The number of benzene rings is 2. The van der Waals surface area contributed by atoms with Gasteiger partial charge in [-0.2, -0.15) is 0 Å². The van der Waals surface area contributed by atoms with Gasteiger partial charge in [-0.3, -0.25) is 4.79 Å². The number of esters is 1. The number of rotatable bonds is 1. The van der Waals surface area contributed by atoms with E-state index in [0.29, 0.717) is 5.56 Å². The van der Waals surface area contributed by atoms with Gasteiger partial charge in [0, 0.05) is 0 Å². The number of aromatic hydroxyl groups is 2. The maximum atomic E-state index is 12.6. The van der Waals surface area contributed by atoms with Crippen molar-refractivity contribution in [2.75, 3.05) is 7.11 Å². The van der Waals surface area contributed by atoms with Crippen LogP contribution in [0.2, 0.25) is 0 Å². The Hall–Kier alpha value is -3.02. The standard InChI is InChI=1S/C16H12O6/c1-7-3-11(18)13-12(4-7)22-15-9(14(13)19)5-8(17)6-10(15)16(20)21-2/h3-6,17-18H,1-2H3. The van der Waals surface area contributed by atoms with Gasteiger partial charge in [-0.25, -0.2) is 4.79 Å². The van der Waals surface area contributed by atoms with E-state index < -0.39 is 11.4 Å². The molecule has 1 aromatic heterocycles. The molecule has 0 aliphatic carbocycles. The second-order valence-corrected chi connectivity index (χ2v) is 4.95. The van der Waals surface area contributed by atoms with Crippen molar-refractivity contribution < 1.29 is 24.2 Å². The zero-order valence-corrected chi connectivity index (χ0v) is 11.8. The number of phenolic OH excluding ortho intramolecular Hbond substituents is 2. The Morgan fingerprint density at radius 2 is 1.91 bits per heavy atom. The number of ether oxygens (including phenoxy) is 1. The summed E-state index contributed by atoms with van der Waals surface area (Å²) in [4.78, 5) is 24.4. The number of carbonyl (C=O) groups excluding carboxylic acids is 1. The number of methoxy groups -OCH3 is 1. The largest absolute Gasteiger partial charge is 0.508 e. The summed E-state index contributed by atoms with van der Waals surface area (Å²) in [5.41, 5.74) is 0.274. The zero-order valence-electron chi connectivity index (χ0n) is 11.8. The van der Waals surface area contributed by atoms with Gasteiger partial charge in [0.1, 0.15) is 28.0 Å². The van der Waals surface area contributed by atoms with Crippen LogP contribution in [0.15, 0.2) is 33.5 Å². The Morgan fingerprint density at radius 1 is 1.18 bits per heavy atom. The summed E-state index contributed by atoms with van der Waals surface area (Å²) in [5.74, 6) is -1.22. The van der Waals surface area contributed by atoms with E-state index in [4.69, 9.17) is 4.42 Å². The highest BCUT2D eigenvalue weighted by Gasteiger charge is 2.19. The molecule has 0 amide bonds. The molecule has 22 heavy (non-hydrogen) atoms. The normalized spacial score (nSPS) is 11.0. The molecule has 3 rings (SSSR count). The molecule has 2 N–H and O–H groups in total. The number of aryl methyl sites for hydroxylation is 1. The molecule has 0 fully saturated rings. The van der Waals surface area contributed by atoms with Gasteiger partial charge in [0.15, 0.2) is 5.58 Å². The summed E-state index contributed by atoms with van der Waals surface area (Å²) in [6.07, 6.45) is 0. The van der Waals surface area contributed by atoms with Crippen LogP contribution in [0.4, 0.5) is 0 Å². The third kappa shape index (κ3) is 1.96. The molecular weight excluding hydrogens is 288 g/mol. The van der Waals surface area contributed by atoms with E-state index >= 15 is 0 Å². The molecule has 0 spiro atoms. The van der Waals surface area contributed by atoms with Crippen molar-refractivity contribution in [2.24, 2.45) is 0 Å². The molecule has 0 atom stereocenters. The van der Waals surface area contributed by atoms with Crippen molar-refractivity contribution >= 4 is 27.9 Å². The molecule has 6 heteroatoms. The number of fused-ring (bicyclic) bond motifs is 2. The van der Waals surface area contributed by atoms with E-state index in [1.807, 2.05) is 0 Å². The van der Waals surface area contributed by atoms with Crippen molar-refractivity contribution in [3.63, 3.8) is 0 Å². The Morgan fingerprint density at radius 3 is 2.59 bits per heavy atom. The van der Waals surface area contributed by atoms with Crippen molar-refractivity contribution in [3.05, 3.63) is 45.6 Å². The van der Waals surface area contributed by atoms with Gasteiger partial charge in [0.25, 0.3) is 0 Å². The zero-order chi connectivity index (χ0) is 16.0. The fourth-order valence-electron chi connectivity index (χ4n) is 2.44. The number of phenols is 2. The lowest BCUT2D eigenvalue weighted by atomic mass is 10.1. The third-order valence-corrected chi connectivity index (χ3v) is 3.39. The van der Waals surface area contributed by atoms with Crippen LogP contribution >= 0.6 is 0 Å². The van der Waals surface area contributed by atoms with E-state index in [0.717, 1.165) is 0 Å². The molecular formula is C16H12O6. The monoisotopic (exact) mass is 300 g/mol. The topological polar surface area (TPSA) is 97.0 Å². The van der Waals surface area contributed by atoms with Gasteiger partial charge in [-0.05, 0) is 36.8 Å². The van der Waals surface area contributed by atoms with Crippen LogP contribution in [-0.4, -0.2) is 23.3 Å². The summed E-state index contributed by atoms with van der Waals surface area (Å²) in [7, 11) is 1.19. The minimum absolute atomic E-state index is 0.000448. The molecule has 0 unspecified atom stereocenters. The predicted molar refractivity (Wildman–Crippen MR) is 79.4 cm³/mol. The van der Waals surface area contributed by atoms with Gasteiger partial charge in [0.05, 0.1) is 12.5 Å². The lowest BCUT2D eigenvalue weighted by molar-refractivity contribution is 0.0601. The first-order valence-corrected chi connectivity index (χ1v) is 6.44. The summed E-state index contributed by atoms with van der Waals surface area (Å²) >= 11 is 0. The molecule has 0 bridgehead atoms. The fraction of sp³-hybridized carbons (Fsp3) is 0.125. The Bertz CT molecular complexity index is 983. The Balaban J connectivity index is 2.57. The van der Waals surface area contributed by atoms with Crippen LogP contribution in [0.5, 0.6) is 11.5 Å². The maximum Gasteiger partial charge on any atom is 0.341 e. The van der Waals surface area contributed by atoms with Crippen molar-refractivity contribution in [1.29, 1.82) is 0 Å². The van der Waals surface area contributed by atoms with Crippen LogP contribution < -0.4 is 5.43 Å². The quantitative estimate of drug-likeness (QED) is 0.529. The van der Waals surface area contributed by atoms with Crippen LogP contribution in [0.25, 0.3) is 21.9 Å². The molecule has 1 heterocycles. The average Bonchev–Trinajstić information content (AvgIpc) is 2.46. The number of hydrogen-bond acceptors (Lipinski definition) is 6. The Kier molecular flexibility index (Phi) is 3.02. The molecule has 112 valence electrons. The SMILES string of the molecule is COC(=O)c1cc(O)cc2c(=O)c3c(O)cc(C)cc3oc12. The minimum Gasteiger partial charge on any atom is -0.508 e. The van der Waals surface area contributed by atoms with Crippen LogP contribution in [0.3, 0.4) is 0 Å². The highest BCUT2D eigenvalue weighted by Crippen LogP contribution is 2.30.